The monoisotopic (exact) mass is 494 g/mol. The summed E-state index contributed by atoms with van der Waals surface area (Å²) in [6, 6.07) is 3.72. The minimum Gasteiger partial charge on any atom is -0.467 e. The first-order chi connectivity index (χ1) is 12.3. The largest absolute Gasteiger partial charge is 0.467 e. The number of furan rings is 1. The SMILES string of the molecule is CC(C)(C)OC(=O)N1CCN(C(N)=NCCCOCc2ccco2)CC1.I. The molecule has 9 heteroatoms. The van der Waals surface area contributed by atoms with Gasteiger partial charge in [0.2, 0.25) is 0 Å². The summed E-state index contributed by atoms with van der Waals surface area (Å²) in [7, 11) is 0. The predicted octanol–water partition coefficient (Wildman–Crippen LogP) is 2.67. The van der Waals surface area contributed by atoms with Crippen molar-refractivity contribution >= 4 is 36.0 Å². The van der Waals surface area contributed by atoms with Crippen molar-refractivity contribution in [1.29, 1.82) is 0 Å². The highest BCUT2D eigenvalue weighted by Gasteiger charge is 2.26. The molecule has 1 aromatic rings. The summed E-state index contributed by atoms with van der Waals surface area (Å²) < 4.78 is 16.1. The third-order valence-electron chi connectivity index (χ3n) is 3.80. The minimum atomic E-state index is -0.478. The first kappa shape index (κ1) is 23.5. The smallest absolute Gasteiger partial charge is 0.410 e. The molecule has 0 aliphatic carbocycles. The Bertz CT molecular complexity index is 579. The third kappa shape index (κ3) is 8.83. The van der Waals surface area contributed by atoms with E-state index >= 15 is 0 Å². The summed E-state index contributed by atoms with van der Waals surface area (Å²) in [5.41, 5.74) is 5.57. The lowest BCUT2D eigenvalue weighted by Crippen LogP contribution is -2.53. The molecule has 1 aliphatic rings. The Labute approximate surface area is 178 Å². The van der Waals surface area contributed by atoms with Crippen LogP contribution in [0.3, 0.4) is 0 Å². The number of piperazine rings is 1. The van der Waals surface area contributed by atoms with Crippen LogP contribution in [0.1, 0.15) is 33.0 Å². The zero-order valence-corrected chi connectivity index (χ0v) is 18.7. The van der Waals surface area contributed by atoms with E-state index in [1.807, 2.05) is 37.8 Å². The van der Waals surface area contributed by atoms with Gasteiger partial charge in [0.1, 0.15) is 18.0 Å². The zero-order valence-electron chi connectivity index (χ0n) is 16.3. The number of hydrogen-bond donors (Lipinski definition) is 1. The molecule has 8 nitrogen and oxygen atoms in total. The molecule has 154 valence electrons. The molecule has 1 amide bonds. The van der Waals surface area contributed by atoms with Gasteiger partial charge in [-0.2, -0.15) is 0 Å². The van der Waals surface area contributed by atoms with Crippen LogP contribution in [-0.4, -0.2) is 66.8 Å². The van der Waals surface area contributed by atoms with Gasteiger partial charge in [0.25, 0.3) is 0 Å². The number of rotatable bonds is 6. The maximum Gasteiger partial charge on any atom is 0.410 e. The fourth-order valence-electron chi connectivity index (χ4n) is 2.47. The number of nitrogens with two attached hydrogens (primary N) is 1. The highest BCUT2D eigenvalue weighted by atomic mass is 127. The summed E-state index contributed by atoms with van der Waals surface area (Å²) in [5, 5.41) is 0. The van der Waals surface area contributed by atoms with Crippen molar-refractivity contribution in [1.82, 2.24) is 9.80 Å². The molecule has 0 aromatic carbocycles. The average Bonchev–Trinajstić information content (AvgIpc) is 3.10. The lowest BCUT2D eigenvalue weighted by molar-refractivity contribution is 0.0186. The second-order valence-corrected chi connectivity index (χ2v) is 7.18. The van der Waals surface area contributed by atoms with E-state index in [2.05, 4.69) is 4.99 Å². The molecule has 0 saturated carbocycles. The average molecular weight is 494 g/mol. The molecule has 0 atom stereocenters. The molecule has 2 rings (SSSR count). The van der Waals surface area contributed by atoms with Gasteiger partial charge < -0.3 is 29.4 Å². The van der Waals surface area contributed by atoms with Gasteiger partial charge in [0, 0.05) is 39.3 Å². The molecule has 0 spiro atoms. The Morgan fingerprint density at radius 2 is 1.93 bits per heavy atom. The first-order valence-electron chi connectivity index (χ1n) is 8.98. The number of carbonyl (C=O) groups is 1. The quantitative estimate of drug-likeness (QED) is 0.283. The van der Waals surface area contributed by atoms with Crippen LogP contribution in [0.4, 0.5) is 4.79 Å². The standard InChI is InChI=1S/C18H30N4O4.HI/c1-18(2,3)26-17(23)22-10-8-21(9-11-22)16(19)20-7-5-12-24-14-15-6-4-13-25-15;/h4,6,13H,5,7-12,14H2,1-3H3,(H2,19,20);1H. The topological polar surface area (TPSA) is 93.5 Å². The number of guanidine groups is 1. The van der Waals surface area contributed by atoms with Gasteiger partial charge in [-0.15, -0.1) is 24.0 Å². The van der Waals surface area contributed by atoms with E-state index in [1.54, 1.807) is 11.2 Å². The van der Waals surface area contributed by atoms with Gasteiger partial charge in [-0.3, -0.25) is 4.99 Å². The maximum absolute atomic E-state index is 12.1. The van der Waals surface area contributed by atoms with Crippen LogP contribution in [0.2, 0.25) is 0 Å². The van der Waals surface area contributed by atoms with Crippen molar-refractivity contribution < 1.29 is 18.7 Å². The summed E-state index contributed by atoms with van der Waals surface area (Å²) in [5.74, 6) is 1.33. The molecule has 27 heavy (non-hydrogen) atoms. The van der Waals surface area contributed by atoms with Crippen molar-refractivity contribution in [3.05, 3.63) is 24.2 Å². The van der Waals surface area contributed by atoms with Crippen molar-refractivity contribution in [3.8, 4) is 0 Å². The summed E-state index contributed by atoms with van der Waals surface area (Å²) >= 11 is 0. The van der Waals surface area contributed by atoms with Gasteiger partial charge in [0.05, 0.1) is 6.26 Å². The van der Waals surface area contributed by atoms with Crippen molar-refractivity contribution in [2.75, 3.05) is 39.3 Å². The highest BCUT2D eigenvalue weighted by molar-refractivity contribution is 14.0. The highest BCUT2D eigenvalue weighted by Crippen LogP contribution is 2.11. The van der Waals surface area contributed by atoms with Gasteiger partial charge >= 0.3 is 6.09 Å². The fourth-order valence-corrected chi connectivity index (χ4v) is 2.47. The second kappa shape index (κ2) is 11.4. The molecule has 1 aromatic heterocycles. The van der Waals surface area contributed by atoms with E-state index in [1.165, 1.54) is 0 Å². The van der Waals surface area contributed by atoms with E-state index in [9.17, 15) is 4.79 Å². The van der Waals surface area contributed by atoms with E-state index in [-0.39, 0.29) is 30.1 Å². The minimum absolute atomic E-state index is 0. The number of nitrogens with zero attached hydrogens (tertiary/aromatic N) is 3. The van der Waals surface area contributed by atoms with Gasteiger partial charge in [-0.1, -0.05) is 0 Å². The molecule has 0 bridgehead atoms. The van der Waals surface area contributed by atoms with E-state index in [0.29, 0.717) is 51.9 Å². The number of carbonyl (C=O) groups excluding carboxylic acids is 1. The summed E-state index contributed by atoms with van der Waals surface area (Å²) in [6.07, 6.45) is 2.15. The number of hydrogen-bond acceptors (Lipinski definition) is 5. The van der Waals surface area contributed by atoms with Crippen LogP contribution in [0.15, 0.2) is 27.8 Å². The maximum atomic E-state index is 12.1. The van der Waals surface area contributed by atoms with Crippen LogP contribution >= 0.6 is 24.0 Å². The second-order valence-electron chi connectivity index (χ2n) is 7.18. The van der Waals surface area contributed by atoms with E-state index in [4.69, 9.17) is 19.6 Å². The summed E-state index contributed by atoms with van der Waals surface area (Å²) in [6.45, 7) is 9.75. The zero-order chi connectivity index (χ0) is 19.0. The van der Waals surface area contributed by atoms with E-state index in [0.717, 1.165) is 12.2 Å². The molecular weight excluding hydrogens is 463 g/mol. The fraction of sp³-hybridized carbons (Fsp3) is 0.667. The Balaban J connectivity index is 0.00000364. The van der Waals surface area contributed by atoms with Crippen molar-refractivity contribution in [2.24, 2.45) is 10.7 Å². The molecule has 2 N–H and O–H groups in total. The number of amides is 1. The van der Waals surface area contributed by atoms with Gasteiger partial charge in [-0.05, 0) is 39.3 Å². The molecular formula is C18H31IN4O4. The Hall–Kier alpha value is -1.49. The Morgan fingerprint density at radius 3 is 2.52 bits per heavy atom. The Kier molecular flexibility index (Phi) is 9.92. The van der Waals surface area contributed by atoms with Crippen LogP contribution in [0, 0.1) is 0 Å². The third-order valence-corrected chi connectivity index (χ3v) is 3.80. The van der Waals surface area contributed by atoms with Crippen LogP contribution < -0.4 is 5.73 Å². The lowest BCUT2D eigenvalue weighted by Gasteiger charge is -2.36. The van der Waals surface area contributed by atoms with E-state index < -0.39 is 5.60 Å². The molecule has 0 unspecified atom stereocenters. The molecule has 1 fully saturated rings. The molecule has 2 heterocycles. The molecule has 1 saturated heterocycles. The van der Waals surface area contributed by atoms with Gasteiger partial charge in [0.15, 0.2) is 5.96 Å². The van der Waals surface area contributed by atoms with Crippen LogP contribution in [0.5, 0.6) is 0 Å². The number of aliphatic imine (C=N–C) groups is 1. The van der Waals surface area contributed by atoms with Gasteiger partial charge in [-0.25, -0.2) is 4.79 Å². The van der Waals surface area contributed by atoms with Crippen molar-refractivity contribution in [2.45, 2.75) is 39.4 Å². The molecule has 0 radical (unpaired) electrons. The number of halogens is 1. The molecule has 1 aliphatic heterocycles. The van der Waals surface area contributed by atoms with Crippen molar-refractivity contribution in [3.63, 3.8) is 0 Å². The summed E-state index contributed by atoms with van der Waals surface area (Å²) in [4.78, 5) is 20.1. The lowest BCUT2D eigenvalue weighted by atomic mass is 10.2. The van der Waals surface area contributed by atoms with Crippen LogP contribution in [0.25, 0.3) is 0 Å². The predicted molar refractivity (Wildman–Crippen MR) is 114 cm³/mol. The first-order valence-corrected chi connectivity index (χ1v) is 8.98. The Morgan fingerprint density at radius 1 is 1.26 bits per heavy atom. The number of ether oxygens (including phenoxy) is 2. The van der Waals surface area contributed by atoms with Crippen LogP contribution in [-0.2, 0) is 16.1 Å². The normalized spacial score (nSPS) is 15.4.